The van der Waals surface area contributed by atoms with Gasteiger partial charge in [0, 0.05) is 23.0 Å². The molecular formula is C19H18N2O3S. The number of fused-ring (bicyclic) bond motifs is 1. The van der Waals surface area contributed by atoms with E-state index in [0.717, 1.165) is 22.7 Å². The molecular weight excluding hydrogens is 336 g/mol. The summed E-state index contributed by atoms with van der Waals surface area (Å²) in [6.45, 7) is 0.0381. The van der Waals surface area contributed by atoms with Crippen LogP contribution in [0, 0.1) is 0 Å². The van der Waals surface area contributed by atoms with Crippen molar-refractivity contribution in [1.29, 1.82) is 0 Å². The molecule has 128 valence electrons. The lowest BCUT2D eigenvalue weighted by molar-refractivity contribution is -0.114. The average molecular weight is 354 g/mol. The molecule has 0 aliphatic carbocycles. The maximum absolute atomic E-state index is 12.2. The van der Waals surface area contributed by atoms with Gasteiger partial charge in [0.15, 0.2) is 9.84 Å². The summed E-state index contributed by atoms with van der Waals surface area (Å²) in [5.41, 5.74) is 1.32. The summed E-state index contributed by atoms with van der Waals surface area (Å²) in [5.74, 6) is -0.207. The maximum Gasteiger partial charge on any atom is 0.243 e. The molecule has 6 heteroatoms. The van der Waals surface area contributed by atoms with Gasteiger partial charge in [0.05, 0.1) is 11.4 Å². The van der Waals surface area contributed by atoms with E-state index in [2.05, 4.69) is 10.6 Å². The number of nitrogens with one attached hydrogen (secondary N) is 2. The van der Waals surface area contributed by atoms with Crippen molar-refractivity contribution in [2.45, 2.75) is 4.90 Å². The summed E-state index contributed by atoms with van der Waals surface area (Å²) in [6.07, 6.45) is 1.15. The Morgan fingerprint density at radius 1 is 0.960 bits per heavy atom. The highest BCUT2D eigenvalue weighted by Gasteiger charge is 2.09. The molecule has 0 unspecified atom stereocenters. The van der Waals surface area contributed by atoms with Crippen LogP contribution < -0.4 is 10.6 Å². The van der Waals surface area contributed by atoms with Crippen molar-refractivity contribution in [2.24, 2.45) is 0 Å². The first-order valence-electron chi connectivity index (χ1n) is 7.75. The number of hydrogen-bond acceptors (Lipinski definition) is 4. The van der Waals surface area contributed by atoms with Crippen molar-refractivity contribution in [3.63, 3.8) is 0 Å². The predicted octanol–water partition coefficient (Wildman–Crippen LogP) is 3.29. The third-order valence-electron chi connectivity index (χ3n) is 3.78. The zero-order valence-corrected chi connectivity index (χ0v) is 14.5. The Kier molecular flexibility index (Phi) is 4.72. The minimum absolute atomic E-state index is 0.0381. The van der Waals surface area contributed by atoms with Crippen molar-refractivity contribution in [3.8, 4) is 0 Å². The summed E-state index contributed by atoms with van der Waals surface area (Å²) in [7, 11) is -3.28. The molecule has 0 heterocycles. The number of benzene rings is 3. The van der Waals surface area contributed by atoms with Crippen LogP contribution in [0.1, 0.15) is 0 Å². The molecule has 2 N–H and O–H groups in total. The Morgan fingerprint density at radius 3 is 2.48 bits per heavy atom. The van der Waals surface area contributed by atoms with Crippen molar-refractivity contribution < 1.29 is 13.2 Å². The standard InChI is InChI=1S/C19H18N2O3S/c1-25(23,24)16-9-5-8-15(12-16)20-13-19(22)21-18-11-4-7-14-6-2-3-10-17(14)18/h2-12,20H,13H2,1H3,(H,21,22). The van der Waals surface area contributed by atoms with Gasteiger partial charge in [-0.2, -0.15) is 0 Å². The molecule has 3 rings (SSSR count). The minimum atomic E-state index is -3.28. The van der Waals surface area contributed by atoms with E-state index in [1.54, 1.807) is 12.1 Å². The number of anilines is 2. The van der Waals surface area contributed by atoms with Gasteiger partial charge in [-0.25, -0.2) is 8.42 Å². The van der Waals surface area contributed by atoms with Crippen LogP contribution in [0.3, 0.4) is 0 Å². The normalized spacial score (nSPS) is 11.2. The third-order valence-corrected chi connectivity index (χ3v) is 4.89. The highest BCUT2D eigenvalue weighted by Crippen LogP contribution is 2.23. The molecule has 1 amide bonds. The van der Waals surface area contributed by atoms with E-state index in [4.69, 9.17) is 0 Å². The molecule has 0 aliphatic heterocycles. The predicted molar refractivity (Wildman–Crippen MR) is 101 cm³/mol. The van der Waals surface area contributed by atoms with Gasteiger partial charge in [-0.3, -0.25) is 4.79 Å². The lowest BCUT2D eigenvalue weighted by atomic mass is 10.1. The molecule has 0 saturated carbocycles. The molecule has 0 spiro atoms. The zero-order valence-electron chi connectivity index (χ0n) is 13.7. The van der Waals surface area contributed by atoms with Gasteiger partial charge in [0.1, 0.15) is 0 Å². The van der Waals surface area contributed by atoms with Crippen LogP contribution in [0.15, 0.2) is 71.6 Å². The van der Waals surface area contributed by atoms with Gasteiger partial charge in [-0.15, -0.1) is 0 Å². The lowest BCUT2D eigenvalue weighted by Gasteiger charge is -2.10. The monoisotopic (exact) mass is 354 g/mol. The van der Waals surface area contributed by atoms with Crippen LogP contribution in [0.4, 0.5) is 11.4 Å². The molecule has 0 atom stereocenters. The second-order valence-corrected chi connectivity index (χ2v) is 7.74. The Hall–Kier alpha value is -2.86. The summed E-state index contributed by atoms with van der Waals surface area (Å²) in [5, 5.41) is 7.85. The number of carbonyl (C=O) groups excluding carboxylic acids is 1. The highest BCUT2D eigenvalue weighted by molar-refractivity contribution is 7.90. The smallest absolute Gasteiger partial charge is 0.243 e. The van der Waals surface area contributed by atoms with Crippen molar-refractivity contribution in [3.05, 3.63) is 66.7 Å². The van der Waals surface area contributed by atoms with Gasteiger partial charge < -0.3 is 10.6 Å². The van der Waals surface area contributed by atoms with Gasteiger partial charge in [0.25, 0.3) is 0 Å². The number of carbonyl (C=O) groups is 1. The molecule has 5 nitrogen and oxygen atoms in total. The second-order valence-electron chi connectivity index (χ2n) is 5.73. The number of rotatable bonds is 5. The molecule has 3 aromatic rings. The van der Waals surface area contributed by atoms with Gasteiger partial charge in [-0.05, 0) is 29.7 Å². The average Bonchev–Trinajstić information content (AvgIpc) is 2.60. The van der Waals surface area contributed by atoms with Crippen molar-refractivity contribution in [1.82, 2.24) is 0 Å². The fourth-order valence-electron chi connectivity index (χ4n) is 2.55. The highest BCUT2D eigenvalue weighted by atomic mass is 32.2. The SMILES string of the molecule is CS(=O)(=O)c1cccc(NCC(=O)Nc2cccc3ccccc23)c1. The van der Waals surface area contributed by atoms with Crippen LogP contribution in [0.5, 0.6) is 0 Å². The first kappa shape index (κ1) is 17.0. The van der Waals surface area contributed by atoms with E-state index in [9.17, 15) is 13.2 Å². The van der Waals surface area contributed by atoms with Crippen LogP contribution in [-0.4, -0.2) is 27.1 Å². The van der Waals surface area contributed by atoms with E-state index in [1.807, 2.05) is 42.5 Å². The second kappa shape index (κ2) is 6.94. The van der Waals surface area contributed by atoms with Crippen LogP contribution >= 0.6 is 0 Å². The zero-order chi connectivity index (χ0) is 17.9. The number of sulfone groups is 1. The van der Waals surface area contributed by atoms with Crippen molar-refractivity contribution >= 4 is 37.9 Å². The molecule has 0 saturated heterocycles. The van der Waals surface area contributed by atoms with E-state index >= 15 is 0 Å². The molecule has 0 bridgehead atoms. The van der Waals surface area contributed by atoms with Gasteiger partial charge >= 0.3 is 0 Å². The molecule has 0 aromatic heterocycles. The van der Waals surface area contributed by atoms with Crippen LogP contribution in [-0.2, 0) is 14.6 Å². The largest absolute Gasteiger partial charge is 0.376 e. The number of hydrogen-bond donors (Lipinski definition) is 2. The van der Waals surface area contributed by atoms with E-state index in [0.29, 0.717) is 5.69 Å². The Labute approximate surface area is 146 Å². The summed E-state index contributed by atoms with van der Waals surface area (Å²) >= 11 is 0. The van der Waals surface area contributed by atoms with E-state index < -0.39 is 9.84 Å². The Balaban J connectivity index is 1.69. The number of amides is 1. The molecule has 3 aromatic carbocycles. The van der Waals surface area contributed by atoms with E-state index in [-0.39, 0.29) is 17.3 Å². The van der Waals surface area contributed by atoms with Crippen LogP contribution in [0.2, 0.25) is 0 Å². The molecule has 25 heavy (non-hydrogen) atoms. The Morgan fingerprint density at radius 2 is 1.68 bits per heavy atom. The topological polar surface area (TPSA) is 75.3 Å². The summed E-state index contributed by atoms with van der Waals surface area (Å²) in [6, 6.07) is 19.9. The fourth-order valence-corrected chi connectivity index (χ4v) is 3.21. The third kappa shape index (κ3) is 4.16. The first-order chi connectivity index (χ1) is 11.9. The van der Waals surface area contributed by atoms with Crippen molar-refractivity contribution in [2.75, 3.05) is 23.4 Å². The maximum atomic E-state index is 12.2. The molecule has 0 fully saturated rings. The molecule has 0 radical (unpaired) electrons. The quantitative estimate of drug-likeness (QED) is 0.737. The fraction of sp³-hybridized carbons (Fsp3) is 0.105. The van der Waals surface area contributed by atoms with Crippen LogP contribution in [0.25, 0.3) is 10.8 Å². The summed E-state index contributed by atoms with van der Waals surface area (Å²) < 4.78 is 23.2. The summed E-state index contributed by atoms with van der Waals surface area (Å²) in [4.78, 5) is 12.4. The minimum Gasteiger partial charge on any atom is -0.376 e. The van der Waals surface area contributed by atoms with Gasteiger partial charge in [-0.1, -0.05) is 42.5 Å². The van der Waals surface area contributed by atoms with Gasteiger partial charge in [0.2, 0.25) is 5.91 Å². The van der Waals surface area contributed by atoms with E-state index in [1.165, 1.54) is 12.1 Å². The Bertz CT molecular complexity index is 1020. The molecule has 0 aliphatic rings. The first-order valence-corrected chi connectivity index (χ1v) is 9.64. The lowest BCUT2D eigenvalue weighted by Crippen LogP contribution is -2.21.